The summed E-state index contributed by atoms with van der Waals surface area (Å²) >= 11 is 0. The number of ether oxygens (including phenoxy) is 2. The summed E-state index contributed by atoms with van der Waals surface area (Å²) < 4.78 is 10.7. The predicted molar refractivity (Wildman–Crippen MR) is 60.5 cm³/mol. The van der Waals surface area contributed by atoms with Crippen molar-refractivity contribution in [1.29, 1.82) is 0 Å². The molecular formula is C13H16O2. The van der Waals surface area contributed by atoms with Crippen molar-refractivity contribution in [3.8, 4) is 0 Å². The average Bonchev–Trinajstić information content (AvgIpc) is 3.09. The summed E-state index contributed by atoms with van der Waals surface area (Å²) in [6.07, 6.45) is 3.33. The van der Waals surface area contributed by atoms with Crippen molar-refractivity contribution in [2.45, 2.75) is 19.1 Å². The fraction of sp³-hybridized carbons (Fsp3) is 0.385. The van der Waals surface area contributed by atoms with Crippen LogP contribution in [0.15, 0.2) is 30.8 Å². The lowest BCUT2D eigenvalue weighted by atomic mass is 10.1. The highest BCUT2D eigenvalue weighted by atomic mass is 16.6. The van der Waals surface area contributed by atoms with Gasteiger partial charge in [0.1, 0.15) is 0 Å². The Bertz CT molecular complexity index is 329. The van der Waals surface area contributed by atoms with Crippen molar-refractivity contribution in [3.05, 3.63) is 42.0 Å². The Labute approximate surface area is 90.5 Å². The summed E-state index contributed by atoms with van der Waals surface area (Å²) in [4.78, 5) is 0. The van der Waals surface area contributed by atoms with E-state index in [1.165, 1.54) is 5.56 Å². The molecule has 2 nitrogen and oxygen atoms in total. The summed E-state index contributed by atoms with van der Waals surface area (Å²) in [5.74, 6) is 0. The summed E-state index contributed by atoms with van der Waals surface area (Å²) in [5, 5.41) is 0. The Hall–Kier alpha value is -1.12. The molecule has 1 fully saturated rings. The monoisotopic (exact) mass is 204 g/mol. The van der Waals surface area contributed by atoms with Crippen LogP contribution < -0.4 is 0 Å². The maximum atomic E-state index is 5.56. The Kier molecular flexibility index (Phi) is 3.54. The van der Waals surface area contributed by atoms with Crippen molar-refractivity contribution in [3.63, 3.8) is 0 Å². The summed E-state index contributed by atoms with van der Waals surface area (Å²) in [6.45, 7) is 6.11. The van der Waals surface area contributed by atoms with Crippen LogP contribution in [0, 0.1) is 0 Å². The van der Waals surface area contributed by atoms with E-state index in [-0.39, 0.29) is 0 Å². The lowest BCUT2D eigenvalue weighted by Crippen LogP contribution is -1.98. The zero-order valence-corrected chi connectivity index (χ0v) is 8.82. The zero-order valence-electron chi connectivity index (χ0n) is 8.82. The Morgan fingerprint density at radius 3 is 3.13 bits per heavy atom. The first-order valence-electron chi connectivity index (χ1n) is 5.29. The lowest BCUT2D eigenvalue weighted by molar-refractivity contribution is 0.113. The van der Waals surface area contributed by atoms with Crippen LogP contribution in [0.4, 0.5) is 0 Å². The van der Waals surface area contributed by atoms with Gasteiger partial charge in [-0.05, 0) is 23.6 Å². The molecule has 0 aromatic heterocycles. The maximum Gasteiger partial charge on any atom is 0.0831 e. The second-order valence-corrected chi connectivity index (χ2v) is 3.75. The van der Waals surface area contributed by atoms with Gasteiger partial charge < -0.3 is 9.47 Å². The fourth-order valence-corrected chi connectivity index (χ4v) is 1.45. The van der Waals surface area contributed by atoms with Gasteiger partial charge in [-0.3, -0.25) is 0 Å². The molecule has 1 aliphatic rings. The van der Waals surface area contributed by atoms with Gasteiger partial charge in [0.05, 0.1) is 19.3 Å². The minimum Gasteiger partial charge on any atom is -0.377 e. The second-order valence-electron chi connectivity index (χ2n) is 3.75. The number of hydrogen-bond donors (Lipinski definition) is 0. The van der Waals surface area contributed by atoms with Gasteiger partial charge >= 0.3 is 0 Å². The van der Waals surface area contributed by atoms with Gasteiger partial charge in [-0.1, -0.05) is 30.9 Å². The molecule has 0 radical (unpaired) electrons. The largest absolute Gasteiger partial charge is 0.377 e. The number of epoxide rings is 1. The van der Waals surface area contributed by atoms with Crippen LogP contribution in [0.3, 0.4) is 0 Å². The van der Waals surface area contributed by atoms with Crippen LogP contribution in [0.1, 0.15) is 17.5 Å². The van der Waals surface area contributed by atoms with Crippen molar-refractivity contribution < 1.29 is 9.47 Å². The predicted octanol–water partition coefficient (Wildman–Crippen LogP) is 2.64. The molecule has 1 atom stereocenters. The molecule has 0 aliphatic carbocycles. The zero-order chi connectivity index (χ0) is 10.5. The summed E-state index contributed by atoms with van der Waals surface area (Å²) in [6, 6.07) is 8.23. The SMILES string of the molecule is C=Cc1cccc(COCCC2CO2)c1. The Balaban J connectivity index is 1.73. The third-order valence-electron chi connectivity index (χ3n) is 2.44. The smallest absolute Gasteiger partial charge is 0.0831 e. The van der Waals surface area contributed by atoms with Gasteiger partial charge in [0, 0.05) is 6.61 Å². The normalized spacial score (nSPS) is 18.8. The molecule has 1 heterocycles. The molecule has 1 unspecified atom stereocenters. The number of hydrogen-bond acceptors (Lipinski definition) is 2. The average molecular weight is 204 g/mol. The molecule has 0 N–H and O–H groups in total. The highest BCUT2D eigenvalue weighted by molar-refractivity contribution is 5.47. The van der Waals surface area contributed by atoms with Gasteiger partial charge in [0.25, 0.3) is 0 Å². The molecule has 1 aromatic carbocycles. The van der Waals surface area contributed by atoms with Gasteiger partial charge in [-0.15, -0.1) is 0 Å². The third-order valence-corrected chi connectivity index (χ3v) is 2.44. The Morgan fingerprint density at radius 1 is 1.53 bits per heavy atom. The van der Waals surface area contributed by atoms with Crippen molar-refractivity contribution >= 4 is 6.08 Å². The van der Waals surface area contributed by atoms with Crippen LogP contribution in [-0.2, 0) is 16.1 Å². The standard InChI is InChI=1S/C13H16O2/c1-2-11-4-3-5-12(8-11)9-14-7-6-13-10-15-13/h2-5,8,13H,1,6-7,9-10H2. The van der Waals surface area contributed by atoms with E-state index in [1.54, 1.807) is 0 Å². The van der Waals surface area contributed by atoms with Crippen molar-refractivity contribution in [1.82, 2.24) is 0 Å². The topological polar surface area (TPSA) is 21.8 Å². The number of rotatable bonds is 6. The van der Waals surface area contributed by atoms with Crippen LogP contribution in [0.25, 0.3) is 6.08 Å². The fourth-order valence-electron chi connectivity index (χ4n) is 1.45. The quantitative estimate of drug-likeness (QED) is 0.525. The Morgan fingerprint density at radius 2 is 2.40 bits per heavy atom. The van der Waals surface area contributed by atoms with E-state index in [0.29, 0.717) is 12.7 Å². The van der Waals surface area contributed by atoms with Crippen molar-refractivity contribution in [2.24, 2.45) is 0 Å². The minimum absolute atomic E-state index is 0.463. The summed E-state index contributed by atoms with van der Waals surface area (Å²) in [7, 11) is 0. The minimum atomic E-state index is 0.463. The van der Waals surface area contributed by atoms with E-state index in [1.807, 2.05) is 18.2 Å². The summed E-state index contributed by atoms with van der Waals surface area (Å²) in [5.41, 5.74) is 2.34. The molecule has 80 valence electrons. The number of benzene rings is 1. The van der Waals surface area contributed by atoms with E-state index in [2.05, 4.69) is 18.7 Å². The van der Waals surface area contributed by atoms with Gasteiger partial charge in [0.2, 0.25) is 0 Å². The van der Waals surface area contributed by atoms with Gasteiger partial charge in [0.15, 0.2) is 0 Å². The van der Waals surface area contributed by atoms with E-state index in [4.69, 9.17) is 9.47 Å². The van der Waals surface area contributed by atoms with Crippen LogP contribution in [0.5, 0.6) is 0 Å². The molecule has 15 heavy (non-hydrogen) atoms. The highest BCUT2D eigenvalue weighted by Crippen LogP contribution is 2.13. The molecule has 1 aliphatic heterocycles. The third kappa shape index (κ3) is 3.50. The molecule has 0 bridgehead atoms. The van der Waals surface area contributed by atoms with Crippen LogP contribution >= 0.6 is 0 Å². The molecule has 2 rings (SSSR count). The lowest BCUT2D eigenvalue weighted by Gasteiger charge is -2.04. The highest BCUT2D eigenvalue weighted by Gasteiger charge is 2.21. The molecule has 0 saturated carbocycles. The molecule has 0 spiro atoms. The van der Waals surface area contributed by atoms with E-state index < -0.39 is 0 Å². The van der Waals surface area contributed by atoms with Crippen molar-refractivity contribution in [2.75, 3.05) is 13.2 Å². The molecule has 0 amide bonds. The molecule has 2 heteroatoms. The first-order valence-corrected chi connectivity index (χ1v) is 5.29. The van der Waals surface area contributed by atoms with Crippen LogP contribution in [0.2, 0.25) is 0 Å². The van der Waals surface area contributed by atoms with Gasteiger partial charge in [-0.25, -0.2) is 0 Å². The maximum absolute atomic E-state index is 5.56. The van der Waals surface area contributed by atoms with E-state index in [0.717, 1.165) is 25.2 Å². The first kappa shape index (κ1) is 10.4. The first-order chi connectivity index (χ1) is 7.38. The van der Waals surface area contributed by atoms with E-state index >= 15 is 0 Å². The molecule has 1 saturated heterocycles. The van der Waals surface area contributed by atoms with Gasteiger partial charge in [-0.2, -0.15) is 0 Å². The van der Waals surface area contributed by atoms with Crippen LogP contribution in [-0.4, -0.2) is 19.3 Å². The molecular weight excluding hydrogens is 188 g/mol. The van der Waals surface area contributed by atoms with E-state index in [9.17, 15) is 0 Å². The second kappa shape index (κ2) is 5.10. The molecule has 1 aromatic rings.